The lowest BCUT2D eigenvalue weighted by Crippen LogP contribution is -2.30. The Balaban J connectivity index is 4.29. The molecule has 0 heterocycles. The molecule has 6 nitrogen and oxygen atoms in total. The van der Waals surface area contributed by atoms with Gasteiger partial charge in [0.05, 0.1) is 0 Å². The van der Waals surface area contributed by atoms with Crippen molar-refractivity contribution in [3.63, 3.8) is 0 Å². The van der Waals surface area contributed by atoms with E-state index in [1.807, 2.05) is 0 Å². The average molecular weight is 863 g/mol. The van der Waals surface area contributed by atoms with Gasteiger partial charge in [0, 0.05) is 19.3 Å². The minimum atomic E-state index is -0.761. The van der Waals surface area contributed by atoms with Crippen LogP contribution < -0.4 is 0 Å². The number of rotatable bonds is 49. The predicted octanol–water partition coefficient (Wildman–Crippen LogP) is 17.7. The number of hydrogen-bond donors (Lipinski definition) is 0. The first-order chi connectivity index (χ1) is 29.7. The number of carbonyl (C=O) groups excluding carboxylic acids is 3. The van der Waals surface area contributed by atoms with E-state index in [0.29, 0.717) is 19.3 Å². The van der Waals surface area contributed by atoms with Crippen molar-refractivity contribution in [2.24, 2.45) is 11.8 Å². The van der Waals surface area contributed by atoms with Crippen molar-refractivity contribution in [3.8, 4) is 0 Å². The molecular weight excluding hydrogens is 757 g/mol. The molecule has 0 amide bonds. The molecule has 6 heteroatoms. The van der Waals surface area contributed by atoms with Crippen molar-refractivity contribution in [2.75, 3.05) is 13.2 Å². The SMILES string of the molecule is CCCCCCCCCCCCCC(=O)OC[C@@H](COC(=O)CCCCCCCCCCCCCCC(C)C)OC(=O)CCCCCCCCCCCCCCCCC(C)C. The molecule has 61 heavy (non-hydrogen) atoms. The number of esters is 3. The summed E-state index contributed by atoms with van der Waals surface area (Å²) in [7, 11) is 0. The number of unbranched alkanes of at least 4 members (excludes halogenated alkanes) is 34. The van der Waals surface area contributed by atoms with Crippen molar-refractivity contribution in [3.05, 3.63) is 0 Å². The van der Waals surface area contributed by atoms with Crippen LogP contribution in [0, 0.1) is 11.8 Å². The minimum absolute atomic E-state index is 0.0632. The van der Waals surface area contributed by atoms with Gasteiger partial charge in [-0.25, -0.2) is 0 Å². The smallest absolute Gasteiger partial charge is 0.306 e. The molecule has 362 valence electrons. The largest absolute Gasteiger partial charge is 0.462 e. The third kappa shape index (κ3) is 49.3. The zero-order valence-corrected chi connectivity index (χ0v) is 41.8. The van der Waals surface area contributed by atoms with E-state index < -0.39 is 6.10 Å². The lowest BCUT2D eigenvalue weighted by Gasteiger charge is -2.18. The van der Waals surface area contributed by atoms with Gasteiger partial charge in [-0.3, -0.25) is 14.4 Å². The summed E-state index contributed by atoms with van der Waals surface area (Å²) in [5.41, 5.74) is 0. The van der Waals surface area contributed by atoms with Gasteiger partial charge >= 0.3 is 17.9 Å². The van der Waals surface area contributed by atoms with Gasteiger partial charge in [0.1, 0.15) is 13.2 Å². The topological polar surface area (TPSA) is 78.9 Å². The van der Waals surface area contributed by atoms with Crippen molar-refractivity contribution in [2.45, 2.75) is 310 Å². The average Bonchev–Trinajstić information content (AvgIpc) is 3.23. The first-order valence-electron chi connectivity index (χ1n) is 27.2. The van der Waals surface area contributed by atoms with E-state index in [0.717, 1.165) is 69.6 Å². The summed E-state index contributed by atoms with van der Waals surface area (Å²) in [5.74, 6) is 0.833. The Hall–Kier alpha value is -1.59. The molecule has 0 aliphatic rings. The van der Waals surface area contributed by atoms with Gasteiger partial charge in [0.15, 0.2) is 6.10 Å². The van der Waals surface area contributed by atoms with Crippen molar-refractivity contribution in [1.29, 1.82) is 0 Å². The molecule has 0 unspecified atom stereocenters. The third-order valence-corrected chi connectivity index (χ3v) is 12.5. The van der Waals surface area contributed by atoms with Crippen LogP contribution in [-0.4, -0.2) is 37.2 Å². The third-order valence-electron chi connectivity index (χ3n) is 12.5. The highest BCUT2D eigenvalue weighted by molar-refractivity contribution is 5.71. The fourth-order valence-electron chi connectivity index (χ4n) is 8.34. The summed E-state index contributed by atoms with van der Waals surface area (Å²) in [6.07, 6.45) is 49.4. The molecule has 0 saturated carbocycles. The lowest BCUT2D eigenvalue weighted by atomic mass is 10.0. The van der Waals surface area contributed by atoms with Gasteiger partial charge in [-0.2, -0.15) is 0 Å². The molecule has 0 aliphatic heterocycles. The first-order valence-corrected chi connectivity index (χ1v) is 27.2. The van der Waals surface area contributed by atoms with Crippen LogP contribution in [-0.2, 0) is 28.6 Å². The van der Waals surface area contributed by atoms with Crippen LogP contribution in [0.5, 0.6) is 0 Å². The zero-order valence-electron chi connectivity index (χ0n) is 41.8. The molecule has 0 spiro atoms. The number of carbonyl (C=O) groups is 3. The van der Waals surface area contributed by atoms with Crippen LogP contribution in [0.1, 0.15) is 304 Å². The summed E-state index contributed by atoms with van der Waals surface area (Å²) in [4.78, 5) is 38.0. The fraction of sp³-hybridized carbons (Fsp3) is 0.945. The van der Waals surface area contributed by atoms with Crippen LogP contribution >= 0.6 is 0 Å². The molecule has 0 rings (SSSR count). The van der Waals surface area contributed by atoms with Gasteiger partial charge in [-0.05, 0) is 31.1 Å². The molecule has 0 aromatic carbocycles. The molecule has 0 bridgehead atoms. The normalized spacial score (nSPS) is 12.0. The highest BCUT2D eigenvalue weighted by atomic mass is 16.6. The van der Waals surface area contributed by atoms with E-state index in [1.165, 1.54) is 193 Å². The Morgan fingerprint density at radius 1 is 0.311 bits per heavy atom. The van der Waals surface area contributed by atoms with E-state index in [1.54, 1.807) is 0 Å². The fourth-order valence-corrected chi connectivity index (χ4v) is 8.34. The monoisotopic (exact) mass is 863 g/mol. The Bertz CT molecular complexity index is 931. The quantitative estimate of drug-likeness (QED) is 0.0344. The van der Waals surface area contributed by atoms with Gasteiger partial charge in [0.2, 0.25) is 0 Å². The first kappa shape index (κ1) is 59.4. The summed E-state index contributed by atoms with van der Waals surface area (Å²) in [6.45, 7) is 11.4. The Labute approximate surface area is 380 Å². The second-order valence-electron chi connectivity index (χ2n) is 19.8. The summed E-state index contributed by atoms with van der Waals surface area (Å²) >= 11 is 0. The molecule has 0 radical (unpaired) electrons. The van der Waals surface area contributed by atoms with Crippen LogP contribution in [0.2, 0.25) is 0 Å². The Kier molecular flexibility index (Phi) is 46.6. The lowest BCUT2D eigenvalue weighted by molar-refractivity contribution is -0.167. The maximum atomic E-state index is 12.8. The van der Waals surface area contributed by atoms with Gasteiger partial charge < -0.3 is 14.2 Å². The number of ether oxygens (including phenoxy) is 3. The molecule has 0 aromatic rings. The van der Waals surface area contributed by atoms with Gasteiger partial charge in [-0.15, -0.1) is 0 Å². The molecule has 0 aromatic heterocycles. The van der Waals surface area contributed by atoms with E-state index in [2.05, 4.69) is 34.6 Å². The molecule has 0 fully saturated rings. The van der Waals surface area contributed by atoms with Crippen LogP contribution in [0.25, 0.3) is 0 Å². The van der Waals surface area contributed by atoms with E-state index in [9.17, 15) is 14.4 Å². The van der Waals surface area contributed by atoms with E-state index in [-0.39, 0.29) is 31.1 Å². The minimum Gasteiger partial charge on any atom is -0.462 e. The molecule has 0 N–H and O–H groups in total. The zero-order chi connectivity index (χ0) is 44.7. The van der Waals surface area contributed by atoms with Gasteiger partial charge in [0.25, 0.3) is 0 Å². The van der Waals surface area contributed by atoms with Crippen molar-refractivity contribution in [1.82, 2.24) is 0 Å². The highest BCUT2D eigenvalue weighted by Gasteiger charge is 2.19. The standard InChI is InChI=1S/C55H106O6/c1-6-7-8-9-10-11-18-25-30-35-40-45-53(56)59-48-52(49-60-54(57)46-41-36-31-26-21-17-16-20-24-29-34-39-44-51(4)5)61-55(58)47-42-37-32-27-22-15-13-12-14-19-23-28-33-38-43-50(2)3/h50-52H,6-49H2,1-5H3/t52-/m0/s1. The summed E-state index contributed by atoms with van der Waals surface area (Å²) in [6, 6.07) is 0. The molecular formula is C55H106O6. The van der Waals surface area contributed by atoms with Crippen LogP contribution in [0.4, 0.5) is 0 Å². The van der Waals surface area contributed by atoms with E-state index >= 15 is 0 Å². The van der Waals surface area contributed by atoms with Crippen LogP contribution in [0.3, 0.4) is 0 Å². The Morgan fingerprint density at radius 2 is 0.541 bits per heavy atom. The van der Waals surface area contributed by atoms with Crippen molar-refractivity contribution >= 4 is 17.9 Å². The molecule has 1 atom stereocenters. The molecule has 0 aliphatic carbocycles. The summed E-state index contributed by atoms with van der Waals surface area (Å²) < 4.78 is 16.8. The number of hydrogen-bond acceptors (Lipinski definition) is 6. The second-order valence-corrected chi connectivity index (χ2v) is 19.8. The summed E-state index contributed by atoms with van der Waals surface area (Å²) in [5, 5.41) is 0. The molecule has 0 saturated heterocycles. The van der Waals surface area contributed by atoms with Crippen LogP contribution in [0.15, 0.2) is 0 Å². The predicted molar refractivity (Wildman–Crippen MR) is 261 cm³/mol. The van der Waals surface area contributed by atoms with Gasteiger partial charge in [-0.1, -0.05) is 266 Å². The van der Waals surface area contributed by atoms with Crippen molar-refractivity contribution < 1.29 is 28.6 Å². The Morgan fingerprint density at radius 3 is 0.803 bits per heavy atom. The van der Waals surface area contributed by atoms with E-state index in [4.69, 9.17) is 14.2 Å². The highest BCUT2D eigenvalue weighted by Crippen LogP contribution is 2.18. The maximum Gasteiger partial charge on any atom is 0.306 e. The maximum absolute atomic E-state index is 12.8. The second kappa shape index (κ2) is 47.9.